The van der Waals surface area contributed by atoms with E-state index in [4.69, 9.17) is 0 Å². The van der Waals surface area contributed by atoms with E-state index in [2.05, 4.69) is 32.6 Å². The van der Waals surface area contributed by atoms with Crippen molar-refractivity contribution in [3.05, 3.63) is 0 Å². The number of rotatable bonds is 3. The predicted octanol–water partition coefficient (Wildman–Crippen LogP) is 3.08. The molecule has 0 aliphatic heterocycles. The van der Waals surface area contributed by atoms with E-state index < -0.39 is 0 Å². The van der Waals surface area contributed by atoms with Crippen LogP contribution < -0.4 is 0 Å². The third-order valence-corrected chi connectivity index (χ3v) is 2.22. The Morgan fingerprint density at radius 3 is 2.20 bits per heavy atom. The van der Waals surface area contributed by atoms with Gasteiger partial charge in [0.1, 0.15) is 0 Å². The Morgan fingerprint density at radius 2 is 1.80 bits per heavy atom. The van der Waals surface area contributed by atoms with Crippen LogP contribution in [0.1, 0.15) is 40.5 Å². The van der Waals surface area contributed by atoms with E-state index in [9.17, 15) is 0 Å². The van der Waals surface area contributed by atoms with Gasteiger partial charge < -0.3 is 0 Å². The summed E-state index contributed by atoms with van der Waals surface area (Å²) < 4.78 is 0. The summed E-state index contributed by atoms with van der Waals surface area (Å²) in [5.74, 6) is 7.62. The molecule has 0 N–H and O–H groups in total. The Bertz CT molecular complexity index is 125. The first-order valence-electron chi connectivity index (χ1n) is 4.12. The molecular weight excluding hydrogens is 120 g/mol. The Hall–Kier alpha value is -0.440. The van der Waals surface area contributed by atoms with Crippen molar-refractivity contribution < 1.29 is 0 Å². The lowest BCUT2D eigenvalue weighted by Gasteiger charge is -2.14. The van der Waals surface area contributed by atoms with E-state index in [1.165, 1.54) is 6.42 Å². The molecule has 0 aliphatic carbocycles. The zero-order valence-electron chi connectivity index (χ0n) is 7.57. The molecule has 0 saturated carbocycles. The molecule has 58 valence electrons. The van der Waals surface area contributed by atoms with Gasteiger partial charge in [-0.3, -0.25) is 0 Å². The molecule has 0 bridgehead atoms. The van der Waals surface area contributed by atoms with Crippen LogP contribution in [0.3, 0.4) is 0 Å². The molecule has 0 aromatic rings. The van der Waals surface area contributed by atoms with E-state index in [-0.39, 0.29) is 0 Å². The van der Waals surface area contributed by atoms with E-state index in [1.807, 2.05) is 6.92 Å². The van der Waals surface area contributed by atoms with E-state index in [1.54, 1.807) is 0 Å². The van der Waals surface area contributed by atoms with Crippen molar-refractivity contribution in [1.82, 2.24) is 0 Å². The summed E-state index contributed by atoms with van der Waals surface area (Å²) in [5, 5.41) is 0. The van der Waals surface area contributed by atoms with Gasteiger partial charge in [-0.05, 0) is 18.8 Å². The largest absolute Gasteiger partial charge is 0.107 e. The van der Waals surface area contributed by atoms with Gasteiger partial charge in [0.25, 0.3) is 0 Å². The van der Waals surface area contributed by atoms with Gasteiger partial charge in [0.15, 0.2) is 0 Å². The van der Waals surface area contributed by atoms with Crippen LogP contribution in [0.4, 0.5) is 0 Å². The molecule has 0 radical (unpaired) electrons. The quantitative estimate of drug-likeness (QED) is 0.526. The minimum absolute atomic E-state index is 0.762. The maximum Gasteiger partial charge on any atom is 0.0117 e. The lowest BCUT2D eigenvalue weighted by molar-refractivity contribution is 0.384. The fourth-order valence-electron chi connectivity index (χ4n) is 0.867. The Kier molecular flexibility index (Phi) is 5.12. The fraction of sp³-hybridized carbons (Fsp3) is 0.800. The molecule has 0 heterocycles. The highest BCUT2D eigenvalue weighted by atomic mass is 14.1. The van der Waals surface area contributed by atoms with Crippen LogP contribution in [-0.2, 0) is 0 Å². The van der Waals surface area contributed by atoms with Crippen molar-refractivity contribution in [1.29, 1.82) is 0 Å². The first-order chi connectivity index (χ1) is 4.72. The number of hydrogen-bond donors (Lipinski definition) is 0. The molecule has 0 saturated heterocycles. The highest BCUT2D eigenvalue weighted by Gasteiger charge is 2.07. The van der Waals surface area contributed by atoms with Crippen molar-refractivity contribution in [2.75, 3.05) is 0 Å². The van der Waals surface area contributed by atoms with Crippen molar-refractivity contribution in [2.24, 2.45) is 11.8 Å². The highest BCUT2D eigenvalue weighted by Crippen LogP contribution is 2.16. The predicted molar refractivity (Wildman–Crippen MR) is 46.7 cm³/mol. The average molecular weight is 138 g/mol. The van der Waals surface area contributed by atoms with Gasteiger partial charge in [0.2, 0.25) is 0 Å². The molecule has 0 amide bonds. The first kappa shape index (κ1) is 9.56. The maximum absolute atomic E-state index is 3.11. The van der Waals surface area contributed by atoms with Crippen LogP contribution in [0.25, 0.3) is 0 Å². The third-order valence-electron chi connectivity index (χ3n) is 2.22. The molecule has 0 rings (SSSR count). The minimum Gasteiger partial charge on any atom is -0.107 e. The summed E-state index contributed by atoms with van der Waals surface area (Å²) in [7, 11) is 0. The second-order valence-electron chi connectivity index (χ2n) is 2.99. The lowest BCUT2D eigenvalue weighted by atomic mass is 9.91. The summed E-state index contributed by atoms with van der Waals surface area (Å²) in [6.45, 7) is 8.71. The third kappa shape index (κ3) is 3.56. The van der Waals surface area contributed by atoms with Crippen LogP contribution in [-0.4, -0.2) is 0 Å². The van der Waals surface area contributed by atoms with Crippen molar-refractivity contribution in [3.8, 4) is 11.8 Å². The molecule has 0 aromatic heterocycles. The SMILES string of the molecule is CC#CCC(C)C(C)CC. The molecule has 0 heteroatoms. The van der Waals surface area contributed by atoms with Crippen LogP contribution in [0, 0.1) is 23.7 Å². The summed E-state index contributed by atoms with van der Waals surface area (Å²) in [4.78, 5) is 0. The topological polar surface area (TPSA) is 0 Å². The van der Waals surface area contributed by atoms with E-state index in [0.29, 0.717) is 0 Å². The minimum atomic E-state index is 0.762. The monoisotopic (exact) mass is 138 g/mol. The van der Waals surface area contributed by atoms with Gasteiger partial charge in [0.05, 0.1) is 0 Å². The standard InChI is InChI=1S/C10H18/c1-5-7-8-10(4)9(3)6-2/h9-10H,6,8H2,1-4H3. The van der Waals surface area contributed by atoms with Crippen molar-refractivity contribution in [2.45, 2.75) is 40.5 Å². The summed E-state index contributed by atoms with van der Waals surface area (Å²) in [6.07, 6.45) is 2.33. The van der Waals surface area contributed by atoms with Crippen LogP contribution in [0.15, 0.2) is 0 Å². The second kappa shape index (κ2) is 5.35. The lowest BCUT2D eigenvalue weighted by Crippen LogP contribution is -2.05. The molecule has 0 nitrogen and oxygen atoms in total. The average Bonchev–Trinajstić information content (AvgIpc) is 1.98. The van der Waals surface area contributed by atoms with Gasteiger partial charge >= 0.3 is 0 Å². The van der Waals surface area contributed by atoms with Gasteiger partial charge in [-0.1, -0.05) is 27.2 Å². The van der Waals surface area contributed by atoms with Gasteiger partial charge in [-0.2, -0.15) is 0 Å². The van der Waals surface area contributed by atoms with Crippen LogP contribution >= 0.6 is 0 Å². The normalized spacial score (nSPS) is 15.2. The summed E-state index contributed by atoms with van der Waals surface area (Å²) in [6, 6.07) is 0. The number of hydrogen-bond acceptors (Lipinski definition) is 0. The van der Waals surface area contributed by atoms with Gasteiger partial charge in [-0.15, -0.1) is 11.8 Å². The zero-order chi connectivity index (χ0) is 7.98. The highest BCUT2D eigenvalue weighted by molar-refractivity contribution is 4.96. The fourth-order valence-corrected chi connectivity index (χ4v) is 0.867. The second-order valence-corrected chi connectivity index (χ2v) is 2.99. The van der Waals surface area contributed by atoms with Gasteiger partial charge in [-0.25, -0.2) is 0 Å². The Balaban J connectivity index is 3.57. The molecule has 0 spiro atoms. The zero-order valence-corrected chi connectivity index (χ0v) is 7.57. The summed E-state index contributed by atoms with van der Waals surface area (Å²) >= 11 is 0. The molecule has 0 aromatic carbocycles. The van der Waals surface area contributed by atoms with Crippen LogP contribution in [0.5, 0.6) is 0 Å². The van der Waals surface area contributed by atoms with E-state index >= 15 is 0 Å². The molecule has 2 unspecified atom stereocenters. The molecule has 0 aliphatic rings. The molecule has 10 heavy (non-hydrogen) atoms. The Labute approximate surface area is 65.0 Å². The first-order valence-corrected chi connectivity index (χ1v) is 4.12. The summed E-state index contributed by atoms with van der Waals surface area (Å²) in [5.41, 5.74) is 0. The van der Waals surface area contributed by atoms with Crippen LogP contribution in [0.2, 0.25) is 0 Å². The molecule has 2 atom stereocenters. The van der Waals surface area contributed by atoms with E-state index in [0.717, 1.165) is 18.3 Å². The molecular formula is C10H18. The molecule has 0 fully saturated rings. The smallest absolute Gasteiger partial charge is 0.0117 e. The maximum atomic E-state index is 3.11. The Morgan fingerprint density at radius 1 is 1.20 bits per heavy atom. The van der Waals surface area contributed by atoms with Crippen molar-refractivity contribution >= 4 is 0 Å². The van der Waals surface area contributed by atoms with Crippen molar-refractivity contribution in [3.63, 3.8) is 0 Å². The van der Waals surface area contributed by atoms with Gasteiger partial charge in [0, 0.05) is 6.42 Å².